The van der Waals surface area contributed by atoms with Gasteiger partial charge in [0.05, 0.1) is 32.2 Å². The summed E-state index contributed by atoms with van der Waals surface area (Å²) in [5, 5.41) is 25.0. The Morgan fingerprint density at radius 1 is 1.12 bits per heavy atom. The molecule has 2 saturated heterocycles. The number of rotatable bonds is 5. The molecule has 236 valence electrons. The summed E-state index contributed by atoms with van der Waals surface area (Å²) in [7, 11) is 1.23. The number of hydrogen-bond donors (Lipinski definition) is 2. The highest BCUT2D eigenvalue weighted by Crippen LogP contribution is 2.73. The van der Waals surface area contributed by atoms with E-state index in [2.05, 4.69) is 6.58 Å². The van der Waals surface area contributed by atoms with Crippen LogP contribution in [0.15, 0.2) is 35.2 Å². The van der Waals surface area contributed by atoms with Crippen LogP contribution in [0.25, 0.3) is 0 Å². The van der Waals surface area contributed by atoms with E-state index in [1.807, 2.05) is 0 Å². The van der Waals surface area contributed by atoms with Crippen LogP contribution in [-0.4, -0.2) is 76.8 Å². The molecule has 0 unspecified atom stereocenters. The van der Waals surface area contributed by atoms with Crippen molar-refractivity contribution in [1.82, 2.24) is 0 Å². The number of hydrogen-bond acceptors (Lipinski definition) is 12. The van der Waals surface area contributed by atoms with Crippen molar-refractivity contribution in [1.29, 1.82) is 0 Å². The SMILES string of the molecule is C=C1[C@@]23CC(=O)O[C@@H](c4ccoc4)[C@]2(C)C[C@@H](O)[C@]1(O)[C@@]1(C)[C@@H](O3)[C@@H](OC(C)=O)[C@@H](OC(C)=O)C(C)(C)[C@@H]1CC(=O)OC. The number of ether oxygens (including phenoxy) is 5. The number of fused-ring (bicyclic) bond motifs is 3. The fourth-order valence-corrected chi connectivity index (χ4v) is 8.91. The van der Waals surface area contributed by atoms with Gasteiger partial charge < -0.3 is 38.3 Å². The van der Waals surface area contributed by atoms with Gasteiger partial charge in [-0.1, -0.05) is 34.3 Å². The zero-order valence-electron chi connectivity index (χ0n) is 25.5. The number of esters is 4. The van der Waals surface area contributed by atoms with Gasteiger partial charge in [0.15, 0.2) is 6.10 Å². The summed E-state index contributed by atoms with van der Waals surface area (Å²) >= 11 is 0. The van der Waals surface area contributed by atoms with Crippen molar-refractivity contribution >= 4 is 23.9 Å². The molecule has 5 rings (SSSR count). The van der Waals surface area contributed by atoms with Crippen LogP contribution in [0.1, 0.15) is 72.5 Å². The Morgan fingerprint density at radius 2 is 1.77 bits per heavy atom. The van der Waals surface area contributed by atoms with E-state index in [1.165, 1.54) is 33.5 Å². The summed E-state index contributed by atoms with van der Waals surface area (Å²) in [6.07, 6.45) is -4.10. The lowest BCUT2D eigenvalue weighted by molar-refractivity contribution is -0.383. The number of aliphatic hydroxyl groups excluding tert-OH is 1. The molecule has 10 atom stereocenters. The van der Waals surface area contributed by atoms with E-state index in [1.54, 1.807) is 33.8 Å². The lowest BCUT2D eigenvalue weighted by Gasteiger charge is -2.75. The van der Waals surface area contributed by atoms with Gasteiger partial charge in [-0.15, -0.1) is 0 Å². The second-order valence-corrected chi connectivity index (χ2v) is 13.4. The predicted molar refractivity (Wildman–Crippen MR) is 146 cm³/mol. The maximum atomic E-state index is 13.3. The van der Waals surface area contributed by atoms with Crippen molar-refractivity contribution in [2.24, 2.45) is 22.2 Å². The van der Waals surface area contributed by atoms with Gasteiger partial charge in [-0.2, -0.15) is 0 Å². The van der Waals surface area contributed by atoms with E-state index in [9.17, 15) is 29.4 Å². The van der Waals surface area contributed by atoms with Crippen molar-refractivity contribution < 1.29 is 57.5 Å². The number of carbonyl (C=O) groups excluding carboxylic acids is 4. The third kappa shape index (κ3) is 3.98. The Labute approximate surface area is 249 Å². The van der Waals surface area contributed by atoms with Crippen LogP contribution in [0.5, 0.6) is 0 Å². The first-order chi connectivity index (χ1) is 19.9. The van der Waals surface area contributed by atoms with Crippen molar-refractivity contribution in [2.45, 2.75) is 103 Å². The van der Waals surface area contributed by atoms with E-state index in [-0.39, 0.29) is 24.8 Å². The molecule has 4 aliphatic rings. The summed E-state index contributed by atoms with van der Waals surface area (Å²) in [5.74, 6) is -3.52. The Morgan fingerprint density at radius 3 is 2.33 bits per heavy atom. The van der Waals surface area contributed by atoms with Crippen molar-refractivity contribution in [2.75, 3.05) is 7.11 Å². The monoisotopic (exact) mass is 604 g/mol. The van der Waals surface area contributed by atoms with Crippen LogP contribution in [0.2, 0.25) is 0 Å². The molecule has 0 aromatic carbocycles. The van der Waals surface area contributed by atoms with Gasteiger partial charge in [0.1, 0.15) is 29.5 Å². The van der Waals surface area contributed by atoms with E-state index >= 15 is 0 Å². The highest BCUT2D eigenvalue weighted by atomic mass is 16.6. The van der Waals surface area contributed by atoms with Crippen molar-refractivity contribution in [3.8, 4) is 0 Å². The fraction of sp³-hybridized carbons (Fsp3) is 0.677. The van der Waals surface area contributed by atoms with Crippen molar-refractivity contribution in [3.63, 3.8) is 0 Å². The van der Waals surface area contributed by atoms with E-state index in [0.717, 1.165) is 0 Å². The molecule has 12 nitrogen and oxygen atoms in total. The van der Waals surface area contributed by atoms with Crippen LogP contribution in [-0.2, 0) is 42.9 Å². The van der Waals surface area contributed by atoms with E-state index in [4.69, 9.17) is 28.1 Å². The van der Waals surface area contributed by atoms with E-state index in [0.29, 0.717) is 5.56 Å². The van der Waals surface area contributed by atoms with Gasteiger partial charge in [-0.25, -0.2) is 0 Å². The number of cyclic esters (lactones) is 1. The minimum absolute atomic E-state index is 0.0447. The van der Waals surface area contributed by atoms with Crippen LogP contribution in [0.4, 0.5) is 0 Å². The normalized spacial score (nSPS) is 43.0. The van der Waals surface area contributed by atoms with Gasteiger partial charge in [-0.3, -0.25) is 19.2 Å². The highest BCUT2D eigenvalue weighted by molar-refractivity contribution is 5.75. The second kappa shape index (κ2) is 9.90. The average molecular weight is 605 g/mol. The quantitative estimate of drug-likeness (QED) is 0.287. The van der Waals surface area contributed by atoms with Crippen LogP contribution in [0, 0.1) is 22.2 Å². The average Bonchev–Trinajstić information content (AvgIpc) is 3.44. The lowest BCUT2D eigenvalue weighted by Crippen LogP contribution is -2.85. The predicted octanol–water partition coefficient (Wildman–Crippen LogP) is 2.55. The molecule has 0 amide bonds. The first-order valence-electron chi connectivity index (χ1n) is 14.3. The number of aliphatic hydroxyl groups is 2. The molecule has 2 N–H and O–H groups in total. The van der Waals surface area contributed by atoms with Crippen LogP contribution in [0.3, 0.4) is 0 Å². The third-order valence-corrected chi connectivity index (χ3v) is 10.9. The summed E-state index contributed by atoms with van der Waals surface area (Å²) < 4.78 is 34.8. The Bertz CT molecular complexity index is 1350. The maximum Gasteiger partial charge on any atom is 0.309 e. The summed E-state index contributed by atoms with van der Waals surface area (Å²) in [5.41, 5.74) is -7.19. The minimum atomic E-state index is -2.18. The molecule has 1 aromatic rings. The number of carbonyl (C=O) groups is 4. The highest BCUT2D eigenvalue weighted by Gasteiger charge is 2.82. The van der Waals surface area contributed by atoms with E-state index < -0.39 is 87.8 Å². The molecule has 4 fully saturated rings. The molecule has 2 saturated carbocycles. The molecule has 1 spiro atoms. The van der Waals surface area contributed by atoms with Gasteiger partial charge in [0, 0.05) is 42.1 Å². The van der Waals surface area contributed by atoms with Gasteiger partial charge in [-0.05, 0) is 24.0 Å². The van der Waals surface area contributed by atoms with Crippen LogP contribution >= 0.6 is 0 Å². The summed E-state index contributed by atoms with van der Waals surface area (Å²) in [4.78, 5) is 51.3. The molecule has 2 aliphatic carbocycles. The van der Waals surface area contributed by atoms with Crippen LogP contribution < -0.4 is 0 Å². The second-order valence-electron chi connectivity index (χ2n) is 13.4. The summed E-state index contributed by atoms with van der Waals surface area (Å²) in [6, 6.07) is 1.64. The molecular formula is C31H40O12. The van der Waals surface area contributed by atoms with Gasteiger partial charge in [0.2, 0.25) is 0 Å². The lowest BCUT2D eigenvalue weighted by atomic mass is 9.38. The smallest absolute Gasteiger partial charge is 0.309 e. The minimum Gasteiger partial charge on any atom is -0.472 e. The first kappa shape index (κ1) is 31.2. The standard InChI is InChI=1S/C31H40O12/c1-15-30-13-22(36)42-24(18-9-10-39-14-18)28(30,6)12-20(34)31(15,37)29(7)19(11-21(35)38-8)27(4,5)25(41-17(3)33)23(26(29)43-30)40-16(2)32/h9-10,14,19-20,23-26,34,37H,1,11-13H2,2-8H3/t19-,20+,23-,24-,25+,26-,28-,29+,30-,31-/m0/s1. The molecule has 2 bridgehead atoms. The molecular weight excluding hydrogens is 564 g/mol. The van der Waals surface area contributed by atoms with Gasteiger partial charge in [0.25, 0.3) is 0 Å². The third-order valence-electron chi connectivity index (χ3n) is 10.9. The fourth-order valence-electron chi connectivity index (χ4n) is 8.91. The molecule has 3 heterocycles. The first-order valence-corrected chi connectivity index (χ1v) is 14.3. The molecule has 0 radical (unpaired) electrons. The topological polar surface area (TPSA) is 168 Å². The molecule has 12 heteroatoms. The zero-order chi connectivity index (χ0) is 31.9. The van der Waals surface area contributed by atoms with Crippen molar-refractivity contribution in [3.05, 3.63) is 36.3 Å². The number of furan rings is 1. The zero-order valence-corrected chi connectivity index (χ0v) is 25.5. The Hall–Kier alpha value is -3.22. The molecule has 1 aromatic heterocycles. The molecule has 2 aliphatic heterocycles. The van der Waals surface area contributed by atoms with Gasteiger partial charge >= 0.3 is 23.9 Å². The maximum absolute atomic E-state index is 13.3. The Kier molecular flexibility index (Phi) is 7.18. The number of methoxy groups -OCH3 is 1. The largest absolute Gasteiger partial charge is 0.472 e. The molecule has 43 heavy (non-hydrogen) atoms. The Balaban J connectivity index is 1.80. The summed E-state index contributed by atoms with van der Waals surface area (Å²) in [6.45, 7) is 13.6.